The second-order valence-corrected chi connectivity index (χ2v) is 6.67. The predicted molar refractivity (Wildman–Crippen MR) is 88.0 cm³/mol. The van der Waals surface area contributed by atoms with Crippen LogP contribution in [0.1, 0.15) is 30.6 Å². The predicted octanol–water partition coefficient (Wildman–Crippen LogP) is -0.495. The maximum absolute atomic E-state index is 12.4. The zero-order valence-corrected chi connectivity index (χ0v) is 14.4. The van der Waals surface area contributed by atoms with E-state index < -0.39 is 48.8 Å². The highest BCUT2D eigenvalue weighted by Crippen LogP contribution is 2.36. The summed E-state index contributed by atoms with van der Waals surface area (Å²) in [6.07, 6.45) is -7.55. The molecule has 0 aliphatic carbocycles. The number of hydrogen-bond donors (Lipinski definition) is 6. The van der Waals surface area contributed by atoms with Gasteiger partial charge in [-0.2, -0.15) is 0 Å². The Morgan fingerprint density at radius 2 is 1.81 bits per heavy atom. The molecule has 0 saturated carbocycles. The van der Waals surface area contributed by atoms with E-state index in [0.29, 0.717) is 0 Å². The number of ether oxygens (including phenoxy) is 2. The van der Waals surface area contributed by atoms with Crippen molar-refractivity contribution in [2.75, 3.05) is 6.61 Å². The van der Waals surface area contributed by atoms with Crippen molar-refractivity contribution >= 4 is 5.78 Å². The summed E-state index contributed by atoms with van der Waals surface area (Å²) >= 11 is 0. The van der Waals surface area contributed by atoms with E-state index in [2.05, 4.69) is 0 Å². The number of rotatable bonds is 6. The molecule has 0 aromatic heterocycles. The van der Waals surface area contributed by atoms with Gasteiger partial charge in [0.05, 0.1) is 6.61 Å². The minimum Gasteiger partial charge on any atom is -0.508 e. The van der Waals surface area contributed by atoms with Crippen LogP contribution in [-0.4, -0.2) is 73.7 Å². The lowest BCUT2D eigenvalue weighted by Crippen LogP contribution is -2.60. The van der Waals surface area contributed by atoms with E-state index in [1.54, 1.807) is 0 Å². The van der Waals surface area contributed by atoms with Gasteiger partial charge in [0, 0.05) is 18.6 Å². The average Bonchev–Trinajstić information content (AvgIpc) is 2.54. The van der Waals surface area contributed by atoms with Crippen molar-refractivity contribution in [2.24, 2.45) is 5.92 Å². The van der Waals surface area contributed by atoms with Crippen molar-refractivity contribution in [1.82, 2.24) is 0 Å². The molecule has 1 fully saturated rings. The number of Topliss-reactive ketones (excluding diaryl/α,β-unsaturated/α-hetero) is 1. The van der Waals surface area contributed by atoms with Crippen molar-refractivity contribution in [1.29, 1.82) is 0 Å². The largest absolute Gasteiger partial charge is 0.508 e. The summed E-state index contributed by atoms with van der Waals surface area (Å²) in [5, 5.41) is 58.6. The Kier molecular flexibility index (Phi) is 6.43. The van der Waals surface area contributed by atoms with E-state index in [1.165, 1.54) is 0 Å². The molecule has 26 heavy (non-hydrogen) atoms. The second-order valence-electron chi connectivity index (χ2n) is 6.67. The molecule has 1 saturated heterocycles. The van der Waals surface area contributed by atoms with Gasteiger partial charge in [0.25, 0.3) is 0 Å². The molecule has 9 heteroatoms. The first-order valence-electron chi connectivity index (χ1n) is 8.22. The maximum Gasteiger partial charge on any atom is 0.229 e. The Morgan fingerprint density at radius 3 is 2.38 bits per heavy atom. The molecule has 0 radical (unpaired) electrons. The number of carbonyl (C=O) groups excluding carboxylic acids is 1. The number of phenolic OH excluding ortho intramolecular Hbond substituents is 2. The van der Waals surface area contributed by atoms with Gasteiger partial charge in [-0.15, -0.1) is 0 Å². The Hall–Kier alpha value is -1.91. The molecule has 9 nitrogen and oxygen atoms in total. The van der Waals surface area contributed by atoms with Gasteiger partial charge < -0.3 is 40.1 Å². The number of hydrogen-bond acceptors (Lipinski definition) is 9. The highest BCUT2D eigenvalue weighted by molar-refractivity contribution is 6.01. The molecule has 146 valence electrons. The van der Waals surface area contributed by atoms with Crippen molar-refractivity contribution in [3.63, 3.8) is 0 Å². The summed E-state index contributed by atoms with van der Waals surface area (Å²) in [6.45, 7) is 2.98. The molecule has 0 unspecified atom stereocenters. The molecular weight excluding hydrogens is 348 g/mol. The zero-order valence-electron chi connectivity index (χ0n) is 14.4. The fourth-order valence-electron chi connectivity index (χ4n) is 2.72. The van der Waals surface area contributed by atoms with Gasteiger partial charge in [0.2, 0.25) is 6.29 Å². The van der Waals surface area contributed by atoms with Crippen LogP contribution in [0.5, 0.6) is 17.2 Å². The summed E-state index contributed by atoms with van der Waals surface area (Å²) < 4.78 is 10.6. The Bertz CT molecular complexity index is 643. The van der Waals surface area contributed by atoms with Crippen molar-refractivity contribution < 1.29 is 44.9 Å². The van der Waals surface area contributed by atoms with E-state index in [1.807, 2.05) is 13.8 Å². The van der Waals surface area contributed by atoms with Gasteiger partial charge in [-0.05, 0) is 5.92 Å². The van der Waals surface area contributed by atoms with E-state index in [9.17, 15) is 35.4 Å². The molecule has 0 amide bonds. The van der Waals surface area contributed by atoms with Gasteiger partial charge in [-0.3, -0.25) is 4.79 Å². The Morgan fingerprint density at radius 1 is 1.15 bits per heavy atom. The van der Waals surface area contributed by atoms with Crippen molar-refractivity contribution in [2.45, 2.75) is 51.0 Å². The topological polar surface area (TPSA) is 157 Å². The minimum atomic E-state index is -1.69. The van der Waals surface area contributed by atoms with Crippen LogP contribution >= 0.6 is 0 Å². The number of aromatic hydroxyl groups is 2. The van der Waals surface area contributed by atoms with Gasteiger partial charge >= 0.3 is 0 Å². The summed E-state index contributed by atoms with van der Waals surface area (Å²) in [4.78, 5) is 12.4. The summed E-state index contributed by atoms with van der Waals surface area (Å²) in [6, 6.07) is 2.04. The molecule has 6 N–H and O–H groups in total. The number of carbonyl (C=O) groups is 1. The molecule has 2 rings (SSSR count). The molecule has 5 atom stereocenters. The molecule has 0 bridgehead atoms. The van der Waals surface area contributed by atoms with Crippen LogP contribution in [0.25, 0.3) is 0 Å². The van der Waals surface area contributed by atoms with Gasteiger partial charge in [-0.1, -0.05) is 13.8 Å². The van der Waals surface area contributed by atoms with Gasteiger partial charge in [-0.25, -0.2) is 0 Å². The fourth-order valence-corrected chi connectivity index (χ4v) is 2.72. The fraction of sp³-hybridized carbons (Fsp3) is 0.588. The van der Waals surface area contributed by atoms with Crippen LogP contribution in [-0.2, 0) is 4.74 Å². The van der Waals surface area contributed by atoms with Crippen molar-refractivity contribution in [3.8, 4) is 17.2 Å². The molecule has 1 heterocycles. The van der Waals surface area contributed by atoms with Crippen LogP contribution in [0.3, 0.4) is 0 Å². The Balaban J connectivity index is 2.34. The first kappa shape index (κ1) is 20.4. The summed E-state index contributed by atoms with van der Waals surface area (Å²) in [5.41, 5.74) is -0.200. The third-order valence-corrected chi connectivity index (χ3v) is 4.03. The average molecular weight is 372 g/mol. The lowest BCUT2D eigenvalue weighted by molar-refractivity contribution is -0.277. The zero-order chi connectivity index (χ0) is 19.6. The molecule has 0 spiro atoms. The number of phenols is 2. The number of ketones is 1. The van der Waals surface area contributed by atoms with Crippen LogP contribution in [0.2, 0.25) is 0 Å². The van der Waals surface area contributed by atoms with Crippen LogP contribution < -0.4 is 4.74 Å². The first-order valence-corrected chi connectivity index (χ1v) is 8.22. The normalized spacial score (nSPS) is 29.0. The van der Waals surface area contributed by atoms with Gasteiger partial charge in [0.1, 0.15) is 47.2 Å². The third-order valence-electron chi connectivity index (χ3n) is 4.03. The number of aliphatic hydroxyl groups excluding tert-OH is 4. The molecule has 1 aromatic rings. The van der Waals surface area contributed by atoms with Crippen LogP contribution in [0.15, 0.2) is 12.1 Å². The van der Waals surface area contributed by atoms with E-state index in [4.69, 9.17) is 9.47 Å². The highest BCUT2D eigenvalue weighted by atomic mass is 16.7. The highest BCUT2D eigenvalue weighted by Gasteiger charge is 2.45. The lowest BCUT2D eigenvalue weighted by Gasteiger charge is -2.39. The van der Waals surface area contributed by atoms with E-state index in [0.717, 1.165) is 12.1 Å². The SMILES string of the molecule is CC(C)CC(=O)c1c(O)cc(O)cc1O[C@@H]1O[C@H](CO)[C@@H](O)[C@H](O)[C@H]1O. The Labute approximate surface area is 150 Å². The minimum absolute atomic E-state index is 0.00388. The second kappa shape index (κ2) is 8.19. The summed E-state index contributed by atoms with van der Waals surface area (Å²) in [7, 11) is 0. The summed E-state index contributed by atoms with van der Waals surface area (Å²) in [5.74, 6) is -1.59. The number of aliphatic hydroxyl groups is 4. The molecule has 1 aliphatic heterocycles. The van der Waals surface area contributed by atoms with Crippen molar-refractivity contribution in [3.05, 3.63) is 17.7 Å². The van der Waals surface area contributed by atoms with Crippen LogP contribution in [0, 0.1) is 5.92 Å². The molecular formula is C17H24O9. The van der Waals surface area contributed by atoms with E-state index >= 15 is 0 Å². The number of benzene rings is 1. The van der Waals surface area contributed by atoms with Crippen LogP contribution in [0.4, 0.5) is 0 Å². The smallest absolute Gasteiger partial charge is 0.229 e. The monoisotopic (exact) mass is 372 g/mol. The molecule has 1 aliphatic rings. The quantitative estimate of drug-likeness (QED) is 0.362. The lowest BCUT2D eigenvalue weighted by atomic mass is 9.98. The molecule has 1 aromatic carbocycles. The third kappa shape index (κ3) is 4.25. The maximum atomic E-state index is 12.4. The first-order chi connectivity index (χ1) is 12.1. The van der Waals surface area contributed by atoms with E-state index in [-0.39, 0.29) is 29.4 Å². The standard InChI is InChI=1S/C17H24O9/c1-7(2)3-9(20)13-10(21)4-8(19)5-11(13)25-17-16(24)15(23)14(22)12(6-18)26-17/h4-5,7,12,14-19,21-24H,3,6H2,1-2H3/t12-,14-,15+,16-,17-/m1/s1. The van der Waals surface area contributed by atoms with Gasteiger partial charge in [0.15, 0.2) is 5.78 Å².